The molecule has 1 aliphatic heterocycles. The second kappa shape index (κ2) is 7.59. The molecule has 27 heavy (non-hydrogen) atoms. The number of imide groups is 1. The standard InChI is InChI=1S/C17H15Cl4NO5/c1-6(16(26)27-5-7(23)17(2,3)4)22-14(24)8-9(15(22)25)11(19)13(21)12(20)10(8)18/h6H,5H2,1-4H3/t6-/m1/s1. The van der Waals surface area contributed by atoms with Crippen molar-refractivity contribution in [2.75, 3.05) is 6.61 Å². The van der Waals surface area contributed by atoms with E-state index in [1.54, 1.807) is 20.8 Å². The Morgan fingerprint density at radius 1 is 0.926 bits per heavy atom. The van der Waals surface area contributed by atoms with Crippen LogP contribution >= 0.6 is 46.4 Å². The van der Waals surface area contributed by atoms with E-state index < -0.39 is 35.8 Å². The van der Waals surface area contributed by atoms with Gasteiger partial charge in [-0.2, -0.15) is 0 Å². The van der Waals surface area contributed by atoms with Gasteiger partial charge < -0.3 is 4.74 Å². The summed E-state index contributed by atoms with van der Waals surface area (Å²) in [7, 11) is 0. The molecule has 1 aliphatic rings. The quantitative estimate of drug-likeness (QED) is 0.290. The van der Waals surface area contributed by atoms with Crippen LogP contribution in [0.3, 0.4) is 0 Å². The number of esters is 1. The van der Waals surface area contributed by atoms with Crippen LogP contribution in [0.1, 0.15) is 48.4 Å². The maximum atomic E-state index is 12.7. The van der Waals surface area contributed by atoms with Crippen molar-refractivity contribution in [1.29, 1.82) is 0 Å². The second-order valence-electron chi connectivity index (χ2n) is 6.94. The van der Waals surface area contributed by atoms with E-state index in [1.165, 1.54) is 6.92 Å². The van der Waals surface area contributed by atoms with E-state index in [1.807, 2.05) is 0 Å². The predicted octanol–water partition coefficient (Wildman–Crippen LogP) is 4.44. The van der Waals surface area contributed by atoms with Crippen LogP contribution in [0.2, 0.25) is 20.1 Å². The van der Waals surface area contributed by atoms with Crippen LogP contribution in [0, 0.1) is 5.41 Å². The van der Waals surface area contributed by atoms with Gasteiger partial charge in [0.25, 0.3) is 11.8 Å². The van der Waals surface area contributed by atoms with Crippen molar-refractivity contribution >= 4 is 70.0 Å². The van der Waals surface area contributed by atoms with Crippen molar-refractivity contribution < 1.29 is 23.9 Å². The molecule has 1 heterocycles. The molecule has 1 atom stereocenters. The Balaban J connectivity index is 2.30. The number of fused-ring (bicyclic) bond motifs is 1. The van der Waals surface area contributed by atoms with Crippen molar-refractivity contribution in [2.24, 2.45) is 5.41 Å². The minimum Gasteiger partial charge on any atom is -0.456 e. The lowest BCUT2D eigenvalue weighted by Gasteiger charge is -2.22. The molecule has 0 saturated carbocycles. The molecule has 2 amide bonds. The molecule has 10 heteroatoms. The summed E-state index contributed by atoms with van der Waals surface area (Å²) in [5.74, 6) is -2.94. The summed E-state index contributed by atoms with van der Waals surface area (Å²) in [6.07, 6.45) is 0. The summed E-state index contributed by atoms with van der Waals surface area (Å²) in [6, 6.07) is -1.31. The molecule has 2 rings (SSSR count). The summed E-state index contributed by atoms with van der Waals surface area (Å²) in [5.41, 5.74) is -1.16. The van der Waals surface area contributed by atoms with Gasteiger partial charge in [-0.05, 0) is 6.92 Å². The molecule has 0 fully saturated rings. The molecule has 1 aromatic rings. The number of Topliss-reactive ketones (excluding diaryl/α,β-unsaturated/α-hetero) is 1. The molecule has 146 valence electrons. The van der Waals surface area contributed by atoms with Gasteiger partial charge >= 0.3 is 5.97 Å². The van der Waals surface area contributed by atoms with Crippen molar-refractivity contribution in [3.63, 3.8) is 0 Å². The fourth-order valence-corrected chi connectivity index (χ4v) is 3.31. The molecule has 0 aliphatic carbocycles. The Labute approximate surface area is 175 Å². The highest BCUT2D eigenvalue weighted by Crippen LogP contribution is 2.45. The number of benzene rings is 1. The first kappa shape index (κ1) is 22.0. The lowest BCUT2D eigenvalue weighted by Crippen LogP contribution is -2.44. The number of amides is 2. The molecule has 6 nitrogen and oxygen atoms in total. The topological polar surface area (TPSA) is 80.8 Å². The molecule has 0 bridgehead atoms. The first-order chi connectivity index (χ1) is 12.3. The van der Waals surface area contributed by atoms with Crippen LogP contribution < -0.4 is 0 Å². The normalized spacial score (nSPS) is 15.0. The summed E-state index contributed by atoms with van der Waals surface area (Å²) in [5, 5.41) is -0.803. The van der Waals surface area contributed by atoms with Crippen molar-refractivity contribution in [1.82, 2.24) is 4.90 Å². The van der Waals surface area contributed by atoms with Crippen LogP contribution in [0.25, 0.3) is 0 Å². The molecule has 1 aromatic carbocycles. The molecule has 0 spiro atoms. The van der Waals surface area contributed by atoms with Gasteiger partial charge in [-0.1, -0.05) is 67.2 Å². The van der Waals surface area contributed by atoms with Gasteiger partial charge in [-0.25, -0.2) is 4.79 Å². The van der Waals surface area contributed by atoms with Crippen LogP contribution in [0.15, 0.2) is 0 Å². The highest BCUT2D eigenvalue weighted by molar-refractivity contribution is 6.55. The molecule has 0 unspecified atom stereocenters. The SMILES string of the molecule is C[C@H](C(=O)OCC(=O)C(C)(C)C)N1C(=O)c2c(Cl)c(Cl)c(Cl)c(Cl)c2C1=O. The third-order valence-corrected chi connectivity index (χ3v) is 5.84. The summed E-state index contributed by atoms with van der Waals surface area (Å²) in [4.78, 5) is 50.2. The van der Waals surface area contributed by atoms with Gasteiger partial charge in [0.15, 0.2) is 12.4 Å². The van der Waals surface area contributed by atoms with Gasteiger partial charge in [0, 0.05) is 5.41 Å². The van der Waals surface area contributed by atoms with Gasteiger partial charge in [-0.3, -0.25) is 19.3 Å². The highest BCUT2D eigenvalue weighted by Gasteiger charge is 2.45. The molecular formula is C17H15Cl4NO5. The number of nitrogens with zero attached hydrogens (tertiary/aromatic N) is 1. The van der Waals surface area contributed by atoms with Gasteiger partial charge in [-0.15, -0.1) is 0 Å². The van der Waals surface area contributed by atoms with Crippen LogP contribution in [0.5, 0.6) is 0 Å². The predicted molar refractivity (Wildman–Crippen MR) is 102 cm³/mol. The molecular weight excluding hydrogens is 440 g/mol. The van der Waals surface area contributed by atoms with Gasteiger partial charge in [0.05, 0.1) is 31.2 Å². The Hall–Kier alpha value is -1.34. The zero-order chi connectivity index (χ0) is 20.8. The number of hydrogen-bond donors (Lipinski definition) is 0. The number of hydrogen-bond acceptors (Lipinski definition) is 5. The summed E-state index contributed by atoms with van der Waals surface area (Å²) >= 11 is 24.0. The van der Waals surface area contributed by atoms with Crippen molar-refractivity contribution in [3.8, 4) is 0 Å². The zero-order valence-electron chi connectivity index (χ0n) is 14.8. The monoisotopic (exact) mass is 453 g/mol. The number of carbonyl (C=O) groups is 4. The number of rotatable bonds is 4. The molecule has 0 aromatic heterocycles. The maximum absolute atomic E-state index is 12.7. The third kappa shape index (κ3) is 3.81. The zero-order valence-corrected chi connectivity index (χ0v) is 17.8. The molecule has 0 saturated heterocycles. The lowest BCUT2D eigenvalue weighted by atomic mass is 9.91. The molecule has 0 N–H and O–H groups in total. The number of carbonyl (C=O) groups excluding carboxylic acids is 4. The van der Waals surface area contributed by atoms with Crippen LogP contribution in [-0.2, 0) is 14.3 Å². The van der Waals surface area contributed by atoms with E-state index in [0.717, 1.165) is 0 Å². The van der Waals surface area contributed by atoms with Crippen molar-refractivity contribution in [2.45, 2.75) is 33.7 Å². The number of ether oxygens (including phenoxy) is 1. The van der Waals surface area contributed by atoms with Crippen LogP contribution in [-0.4, -0.2) is 41.1 Å². The van der Waals surface area contributed by atoms with E-state index in [4.69, 9.17) is 51.1 Å². The average molecular weight is 455 g/mol. The minimum atomic E-state index is -1.31. The second-order valence-corrected chi connectivity index (χ2v) is 8.45. The summed E-state index contributed by atoms with van der Waals surface area (Å²) < 4.78 is 4.96. The Morgan fingerprint density at radius 2 is 1.33 bits per heavy atom. The third-order valence-electron chi connectivity index (χ3n) is 4.04. The maximum Gasteiger partial charge on any atom is 0.329 e. The number of halogens is 4. The van der Waals surface area contributed by atoms with E-state index in [-0.39, 0.29) is 37.0 Å². The lowest BCUT2D eigenvalue weighted by molar-refractivity contribution is -0.153. The van der Waals surface area contributed by atoms with Gasteiger partial charge in [0.1, 0.15) is 6.04 Å². The van der Waals surface area contributed by atoms with E-state index in [9.17, 15) is 19.2 Å². The summed E-state index contributed by atoms with van der Waals surface area (Å²) in [6.45, 7) is 5.84. The van der Waals surface area contributed by atoms with E-state index in [0.29, 0.717) is 4.90 Å². The fraction of sp³-hybridized carbons (Fsp3) is 0.412. The highest BCUT2D eigenvalue weighted by atomic mass is 35.5. The Morgan fingerprint density at radius 3 is 1.70 bits per heavy atom. The minimum absolute atomic E-state index is 0.170. The fourth-order valence-electron chi connectivity index (χ4n) is 2.30. The van der Waals surface area contributed by atoms with Crippen molar-refractivity contribution in [3.05, 3.63) is 31.2 Å². The number of ketones is 1. The molecule has 0 radical (unpaired) electrons. The Kier molecular flexibility index (Phi) is 6.17. The first-order valence-electron chi connectivity index (χ1n) is 7.74. The van der Waals surface area contributed by atoms with E-state index in [2.05, 4.69) is 0 Å². The van der Waals surface area contributed by atoms with Gasteiger partial charge in [0.2, 0.25) is 0 Å². The van der Waals surface area contributed by atoms with Crippen LogP contribution in [0.4, 0.5) is 0 Å². The first-order valence-corrected chi connectivity index (χ1v) is 9.25. The smallest absolute Gasteiger partial charge is 0.329 e. The van der Waals surface area contributed by atoms with E-state index >= 15 is 0 Å². The Bertz CT molecular complexity index is 828. The average Bonchev–Trinajstić information content (AvgIpc) is 2.84. The largest absolute Gasteiger partial charge is 0.456 e.